The smallest absolute Gasteiger partial charge is 0.174 e. The van der Waals surface area contributed by atoms with Crippen LogP contribution in [0.4, 0.5) is 5.69 Å². The van der Waals surface area contributed by atoms with Crippen LogP contribution in [-0.4, -0.2) is 27.7 Å². The number of aliphatic hydroxyl groups excluding tert-OH is 1. The van der Waals surface area contributed by atoms with Crippen LogP contribution in [0.5, 0.6) is 0 Å². The highest BCUT2D eigenvalue weighted by molar-refractivity contribution is 7.71. The average molecular weight is 263 g/mol. The van der Waals surface area contributed by atoms with E-state index in [0.29, 0.717) is 17.7 Å². The molecule has 0 radical (unpaired) electrons. The quantitative estimate of drug-likeness (QED) is 0.626. The van der Waals surface area contributed by atoms with Gasteiger partial charge in [-0.1, -0.05) is 17.7 Å². The van der Waals surface area contributed by atoms with Crippen LogP contribution in [-0.2, 0) is 6.42 Å². The molecule has 4 nitrogen and oxygen atoms in total. The minimum absolute atomic E-state index is 0.451. The van der Waals surface area contributed by atoms with Crippen LogP contribution >= 0.6 is 12.2 Å². The summed E-state index contributed by atoms with van der Waals surface area (Å²) in [6.45, 7) is 2.56. The maximum absolute atomic E-state index is 9.90. The van der Waals surface area contributed by atoms with Gasteiger partial charge in [-0.3, -0.25) is 0 Å². The van der Waals surface area contributed by atoms with Gasteiger partial charge < -0.3 is 20.4 Å². The van der Waals surface area contributed by atoms with Crippen molar-refractivity contribution < 1.29 is 5.11 Å². The fraction of sp³-hybridized carbons (Fsp3) is 0.308. The van der Waals surface area contributed by atoms with Crippen molar-refractivity contribution in [1.29, 1.82) is 0 Å². The zero-order valence-electron chi connectivity index (χ0n) is 10.2. The van der Waals surface area contributed by atoms with Gasteiger partial charge >= 0.3 is 0 Å². The summed E-state index contributed by atoms with van der Waals surface area (Å²) < 4.78 is 0.587. The van der Waals surface area contributed by atoms with Crippen LogP contribution in [0.1, 0.15) is 11.3 Å². The van der Waals surface area contributed by atoms with Crippen molar-refractivity contribution in [2.45, 2.75) is 19.4 Å². The molecule has 1 atom stereocenters. The first-order chi connectivity index (χ1) is 8.63. The lowest BCUT2D eigenvalue weighted by Crippen LogP contribution is -2.22. The SMILES string of the molecule is Cc1ccc(NCC(O)Cc2c[nH]c(=S)[nH]2)cc1. The van der Waals surface area contributed by atoms with E-state index in [2.05, 4.69) is 15.3 Å². The summed E-state index contributed by atoms with van der Waals surface area (Å²) in [5.41, 5.74) is 3.15. The lowest BCUT2D eigenvalue weighted by atomic mass is 10.2. The molecule has 0 aliphatic heterocycles. The number of hydrogen-bond donors (Lipinski definition) is 4. The zero-order valence-corrected chi connectivity index (χ0v) is 11.1. The van der Waals surface area contributed by atoms with Crippen LogP contribution in [0.2, 0.25) is 0 Å². The Morgan fingerprint density at radius 2 is 2.06 bits per heavy atom. The summed E-state index contributed by atoms with van der Waals surface area (Å²) in [5, 5.41) is 13.1. The van der Waals surface area contributed by atoms with E-state index in [1.807, 2.05) is 31.2 Å². The summed E-state index contributed by atoms with van der Waals surface area (Å²) >= 11 is 4.93. The number of imidazole rings is 1. The molecule has 5 heteroatoms. The molecular formula is C13H17N3OS. The monoisotopic (exact) mass is 263 g/mol. The van der Waals surface area contributed by atoms with Crippen molar-refractivity contribution in [2.75, 3.05) is 11.9 Å². The molecule has 2 aromatic rings. The number of rotatable bonds is 5. The minimum atomic E-state index is -0.451. The summed E-state index contributed by atoms with van der Waals surface area (Å²) in [6, 6.07) is 8.09. The molecule has 0 saturated heterocycles. The fourth-order valence-corrected chi connectivity index (χ4v) is 1.90. The van der Waals surface area contributed by atoms with E-state index in [9.17, 15) is 5.11 Å². The highest BCUT2D eigenvalue weighted by Gasteiger charge is 2.06. The predicted molar refractivity (Wildman–Crippen MR) is 75.4 cm³/mol. The third kappa shape index (κ3) is 3.72. The Hall–Kier alpha value is -1.59. The van der Waals surface area contributed by atoms with Gasteiger partial charge in [0.1, 0.15) is 0 Å². The fourth-order valence-electron chi connectivity index (χ4n) is 1.71. The Morgan fingerprint density at radius 1 is 1.33 bits per heavy atom. The summed E-state index contributed by atoms with van der Waals surface area (Å²) in [7, 11) is 0. The maximum atomic E-state index is 9.90. The molecule has 1 aromatic carbocycles. The molecule has 0 spiro atoms. The first-order valence-corrected chi connectivity index (χ1v) is 6.29. The third-order valence-electron chi connectivity index (χ3n) is 2.70. The van der Waals surface area contributed by atoms with E-state index in [1.54, 1.807) is 6.20 Å². The topological polar surface area (TPSA) is 63.8 Å². The van der Waals surface area contributed by atoms with Crippen molar-refractivity contribution >= 4 is 17.9 Å². The molecule has 0 saturated carbocycles. The van der Waals surface area contributed by atoms with E-state index >= 15 is 0 Å². The molecule has 1 heterocycles. The Labute approximate surface area is 111 Å². The molecule has 2 rings (SSSR count). The highest BCUT2D eigenvalue weighted by Crippen LogP contribution is 2.09. The number of benzene rings is 1. The van der Waals surface area contributed by atoms with Gasteiger partial charge in [-0.05, 0) is 31.3 Å². The van der Waals surface area contributed by atoms with Gasteiger partial charge in [0.05, 0.1) is 6.10 Å². The molecule has 1 aromatic heterocycles. The third-order valence-corrected chi connectivity index (χ3v) is 2.92. The van der Waals surface area contributed by atoms with Crippen molar-refractivity contribution in [3.63, 3.8) is 0 Å². The normalized spacial score (nSPS) is 12.3. The van der Waals surface area contributed by atoms with Gasteiger partial charge in [0.15, 0.2) is 4.77 Å². The van der Waals surface area contributed by atoms with Gasteiger partial charge in [0.25, 0.3) is 0 Å². The highest BCUT2D eigenvalue weighted by atomic mass is 32.1. The average Bonchev–Trinajstić information content (AvgIpc) is 2.74. The van der Waals surface area contributed by atoms with Crippen LogP contribution < -0.4 is 5.32 Å². The minimum Gasteiger partial charge on any atom is -0.391 e. The number of aryl methyl sites for hydroxylation is 1. The van der Waals surface area contributed by atoms with Gasteiger partial charge in [0, 0.05) is 30.5 Å². The number of anilines is 1. The molecular weight excluding hydrogens is 246 g/mol. The van der Waals surface area contributed by atoms with Crippen molar-refractivity contribution in [2.24, 2.45) is 0 Å². The van der Waals surface area contributed by atoms with Crippen molar-refractivity contribution in [3.05, 3.63) is 46.5 Å². The molecule has 1 unspecified atom stereocenters. The van der Waals surface area contributed by atoms with Crippen LogP contribution in [0.3, 0.4) is 0 Å². The second-order valence-corrected chi connectivity index (χ2v) is 4.78. The number of H-pyrrole nitrogens is 2. The van der Waals surface area contributed by atoms with E-state index < -0.39 is 6.10 Å². The largest absolute Gasteiger partial charge is 0.391 e. The molecule has 96 valence electrons. The van der Waals surface area contributed by atoms with Crippen molar-refractivity contribution in [1.82, 2.24) is 9.97 Å². The second-order valence-electron chi connectivity index (χ2n) is 4.37. The Morgan fingerprint density at radius 3 is 2.67 bits per heavy atom. The Kier molecular flexibility index (Phi) is 4.17. The number of nitrogens with one attached hydrogen (secondary N) is 3. The zero-order chi connectivity index (χ0) is 13.0. The lowest BCUT2D eigenvalue weighted by Gasteiger charge is -2.12. The molecule has 0 aliphatic rings. The molecule has 4 N–H and O–H groups in total. The first-order valence-electron chi connectivity index (χ1n) is 5.88. The molecule has 0 aliphatic carbocycles. The Balaban J connectivity index is 1.83. The van der Waals surface area contributed by atoms with E-state index in [0.717, 1.165) is 11.4 Å². The van der Waals surface area contributed by atoms with Crippen LogP contribution in [0, 0.1) is 11.7 Å². The number of aromatic amines is 2. The molecule has 0 amide bonds. The summed E-state index contributed by atoms with van der Waals surface area (Å²) in [5.74, 6) is 0. The molecule has 0 bridgehead atoms. The summed E-state index contributed by atoms with van der Waals surface area (Å²) in [4.78, 5) is 5.87. The molecule has 0 fully saturated rings. The van der Waals surface area contributed by atoms with E-state index in [-0.39, 0.29) is 0 Å². The van der Waals surface area contributed by atoms with E-state index in [1.165, 1.54) is 5.56 Å². The van der Waals surface area contributed by atoms with Gasteiger partial charge in [-0.15, -0.1) is 0 Å². The summed E-state index contributed by atoms with van der Waals surface area (Å²) in [6.07, 6.45) is 1.89. The van der Waals surface area contributed by atoms with Crippen LogP contribution in [0.25, 0.3) is 0 Å². The maximum Gasteiger partial charge on any atom is 0.174 e. The first kappa shape index (κ1) is 12.9. The Bertz CT molecular complexity index is 544. The molecule has 18 heavy (non-hydrogen) atoms. The predicted octanol–water partition coefficient (Wildman–Crippen LogP) is 2.40. The van der Waals surface area contributed by atoms with Crippen molar-refractivity contribution in [3.8, 4) is 0 Å². The second kappa shape index (κ2) is 5.84. The van der Waals surface area contributed by atoms with Gasteiger partial charge in [-0.25, -0.2) is 0 Å². The standard InChI is InChI=1S/C13H17N3OS/c1-9-2-4-10(5-3-9)14-8-12(17)6-11-7-15-13(18)16-11/h2-5,7,12,14,17H,6,8H2,1H3,(H2,15,16,18). The lowest BCUT2D eigenvalue weighted by molar-refractivity contribution is 0.187. The van der Waals surface area contributed by atoms with Gasteiger partial charge in [0.2, 0.25) is 0 Å². The number of aliphatic hydroxyl groups is 1. The van der Waals surface area contributed by atoms with Gasteiger partial charge in [-0.2, -0.15) is 0 Å². The number of hydrogen-bond acceptors (Lipinski definition) is 3. The number of aromatic nitrogens is 2. The van der Waals surface area contributed by atoms with E-state index in [4.69, 9.17) is 12.2 Å². The van der Waals surface area contributed by atoms with Crippen LogP contribution in [0.15, 0.2) is 30.5 Å².